The number of halogens is 3. The minimum atomic E-state index is -4.27. The van der Waals surface area contributed by atoms with Crippen LogP contribution in [0.3, 0.4) is 0 Å². The van der Waals surface area contributed by atoms with Crippen LogP contribution in [0.2, 0.25) is 0 Å². The third-order valence-corrected chi connectivity index (χ3v) is 6.54. The molecule has 208 valence electrons. The first-order chi connectivity index (χ1) is 18.1. The molecule has 2 N–H and O–H groups in total. The van der Waals surface area contributed by atoms with Crippen molar-refractivity contribution in [1.82, 2.24) is 9.44 Å². The lowest BCUT2D eigenvalue weighted by atomic mass is 10.0. The average molecular weight is 675 g/mol. The van der Waals surface area contributed by atoms with Crippen LogP contribution in [0.4, 0.5) is 19.3 Å². The lowest BCUT2D eigenvalue weighted by molar-refractivity contribution is -0.386. The lowest BCUT2D eigenvalue weighted by Crippen LogP contribution is -2.42. The third kappa shape index (κ3) is 9.11. The number of nitrogens with one attached hydrogen (secondary N) is 2. The van der Waals surface area contributed by atoms with Gasteiger partial charge >= 0.3 is 22.0 Å². The average Bonchev–Trinajstić information content (AvgIpc) is 2.78. The number of ether oxygens (including phenoxy) is 2. The molecule has 0 aliphatic carbocycles. The largest absolute Gasteiger partial charge is 0.450 e. The quantitative estimate of drug-likeness (QED) is 0.168. The minimum absolute atomic E-state index is 0.0481. The molecule has 10 nitrogen and oxygen atoms in total. The number of hydrogen-bond donors (Lipinski definition) is 2. The Labute approximate surface area is 237 Å². The Morgan fingerprint density at radius 2 is 1.79 bits per heavy atom. The van der Waals surface area contributed by atoms with E-state index in [1.165, 1.54) is 36.4 Å². The van der Waals surface area contributed by atoms with Crippen LogP contribution in [0.15, 0.2) is 54.6 Å². The van der Waals surface area contributed by atoms with Crippen LogP contribution in [0.5, 0.6) is 11.5 Å². The van der Waals surface area contributed by atoms with Crippen LogP contribution in [0, 0.1) is 25.3 Å². The van der Waals surface area contributed by atoms with Gasteiger partial charge in [0.1, 0.15) is 23.0 Å². The van der Waals surface area contributed by atoms with Gasteiger partial charge in [0.15, 0.2) is 0 Å². The smallest absolute Gasteiger partial charge is 0.422 e. The van der Waals surface area contributed by atoms with Gasteiger partial charge in [-0.1, -0.05) is 18.2 Å². The molecular weight excluding hydrogens is 651 g/mol. The number of nitro groups is 1. The minimum Gasteiger partial charge on any atom is -0.450 e. The maximum absolute atomic E-state index is 14.5. The number of carbonyl (C=O) groups is 1. The van der Waals surface area contributed by atoms with E-state index in [1.54, 1.807) is 31.6 Å². The Morgan fingerprint density at radius 3 is 2.44 bits per heavy atom. The van der Waals surface area contributed by atoms with Gasteiger partial charge in [-0.2, -0.15) is 13.1 Å². The van der Waals surface area contributed by atoms with Crippen molar-refractivity contribution >= 4 is 44.6 Å². The Balaban J connectivity index is 1.81. The van der Waals surface area contributed by atoms with E-state index in [0.29, 0.717) is 9.13 Å². The van der Waals surface area contributed by atoms with Crippen molar-refractivity contribution < 1.29 is 36.4 Å². The molecule has 3 rings (SSSR count). The zero-order valence-corrected chi connectivity index (χ0v) is 23.9. The van der Waals surface area contributed by atoms with Gasteiger partial charge in [0.25, 0.3) is 0 Å². The molecule has 3 aromatic carbocycles. The van der Waals surface area contributed by atoms with Gasteiger partial charge < -0.3 is 9.47 Å². The fraction of sp³-hybridized carbons (Fsp3) is 0.240. The number of rotatable bonds is 9. The van der Waals surface area contributed by atoms with Crippen LogP contribution < -0.4 is 14.2 Å². The van der Waals surface area contributed by atoms with Crippen LogP contribution in [-0.2, 0) is 27.9 Å². The summed E-state index contributed by atoms with van der Waals surface area (Å²) in [4.78, 5) is 22.9. The molecule has 0 fully saturated rings. The Morgan fingerprint density at radius 1 is 1.08 bits per heavy atom. The van der Waals surface area contributed by atoms with E-state index in [4.69, 9.17) is 9.47 Å². The van der Waals surface area contributed by atoms with E-state index in [1.807, 2.05) is 22.6 Å². The van der Waals surface area contributed by atoms with E-state index in [2.05, 4.69) is 4.72 Å². The summed E-state index contributed by atoms with van der Waals surface area (Å²) in [6.07, 6.45) is -1.41. The molecule has 39 heavy (non-hydrogen) atoms. The van der Waals surface area contributed by atoms with Crippen LogP contribution >= 0.6 is 22.6 Å². The van der Waals surface area contributed by atoms with Gasteiger partial charge in [-0.25, -0.2) is 18.3 Å². The molecule has 0 bridgehead atoms. The summed E-state index contributed by atoms with van der Waals surface area (Å²) in [7, 11) is -4.27. The number of hydrogen-bond acceptors (Lipinski definition) is 7. The summed E-state index contributed by atoms with van der Waals surface area (Å²) < 4.78 is 68.2. The Hall–Kier alpha value is -3.37. The second kappa shape index (κ2) is 12.2. The van der Waals surface area contributed by atoms with Crippen molar-refractivity contribution in [3.05, 3.63) is 96.6 Å². The normalized spacial score (nSPS) is 11.6. The first-order valence-corrected chi connectivity index (χ1v) is 13.9. The van der Waals surface area contributed by atoms with Gasteiger partial charge in [-0.3, -0.25) is 10.1 Å². The highest BCUT2D eigenvalue weighted by Gasteiger charge is 2.25. The van der Waals surface area contributed by atoms with Gasteiger partial charge in [-0.15, -0.1) is 0 Å². The van der Waals surface area contributed by atoms with Crippen molar-refractivity contribution in [1.29, 1.82) is 0 Å². The van der Waals surface area contributed by atoms with E-state index in [9.17, 15) is 32.1 Å². The molecular formula is C25H24F2IN3O7S. The second-order valence-electron chi connectivity index (χ2n) is 9.26. The van der Waals surface area contributed by atoms with Gasteiger partial charge in [-0.05, 0) is 84.8 Å². The first-order valence-electron chi connectivity index (χ1n) is 11.3. The summed E-state index contributed by atoms with van der Waals surface area (Å²) in [6, 6.07) is 12.0. The summed E-state index contributed by atoms with van der Waals surface area (Å²) in [5, 5.41) is 11.9. The monoisotopic (exact) mass is 675 g/mol. The molecule has 0 aliphatic rings. The van der Waals surface area contributed by atoms with Crippen LogP contribution in [-0.4, -0.2) is 25.0 Å². The number of amides is 1. The molecule has 0 unspecified atom stereocenters. The summed E-state index contributed by atoms with van der Waals surface area (Å²) in [6.45, 7) is 4.44. The number of nitro benzene ring substituents is 1. The first kappa shape index (κ1) is 30.2. The molecule has 0 heterocycles. The highest BCUT2D eigenvalue weighted by molar-refractivity contribution is 14.1. The molecule has 0 saturated carbocycles. The van der Waals surface area contributed by atoms with Gasteiger partial charge in [0.2, 0.25) is 5.75 Å². The van der Waals surface area contributed by atoms with E-state index >= 15 is 0 Å². The second-order valence-corrected chi connectivity index (χ2v) is 12.0. The predicted molar refractivity (Wildman–Crippen MR) is 147 cm³/mol. The zero-order chi connectivity index (χ0) is 29.0. The molecule has 0 saturated heterocycles. The molecule has 0 aliphatic heterocycles. The van der Waals surface area contributed by atoms with Crippen molar-refractivity contribution in [2.24, 2.45) is 0 Å². The maximum atomic E-state index is 14.5. The molecule has 0 aromatic heterocycles. The highest BCUT2D eigenvalue weighted by atomic mass is 127. The standard InChI is InChI=1S/C25H24F2IN3O7S/c1-25(2,3)38-24(32)30-39(35,36)29-14-15-5-4-6-20(9-15)37-22-12-18(26)11-17(23(22)31(33)34)10-16-7-8-19(28)13-21(16)27/h4-9,11-13,29H,10,14H2,1-3H3,(H,30,32). The summed E-state index contributed by atoms with van der Waals surface area (Å²) in [5.74, 6) is -1.77. The van der Waals surface area contributed by atoms with E-state index < -0.39 is 49.9 Å². The van der Waals surface area contributed by atoms with Crippen molar-refractivity contribution in [3.63, 3.8) is 0 Å². The summed E-state index contributed by atoms with van der Waals surface area (Å²) in [5.41, 5.74) is -1.03. The van der Waals surface area contributed by atoms with Gasteiger partial charge in [0, 0.05) is 28.2 Å². The topological polar surface area (TPSA) is 137 Å². The maximum Gasteiger partial charge on any atom is 0.422 e. The molecule has 3 aromatic rings. The zero-order valence-electron chi connectivity index (χ0n) is 21.0. The van der Waals surface area contributed by atoms with Gasteiger partial charge in [0.05, 0.1) is 4.92 Å². The summed E-state index contributed by atoms with van der Waals surface area (Å²) >= 11 is 1.93. The lowest BCUT2D eigenvalue weighted by Gasteiger charge is -2.19. The number of carbonyl (C=O) groups excluding carboxylic acids is 1. The molecule has 0 atom stereocenters. The Kier molecular flexibility index (Phi) is 9.45. The molecule has 14 heteroatoms. The number of benzene rings is 3. The van der Waals surface area contributed by atoms with Crippen LogP contribution in [0.25, 0.3) is 0 Å². The Bertz CT molecular complexity index is 1510. The molecule has 1 amide bonds. The molecule has 0 spiro atoms. The van der Waals surface area contributed by atoms with Crippen molar-refractivity contribution in [2.45, 2.75) is 39.3 Å². The fourth-order valence-electron chi connectivity index (χ4n) is 3.39. The van der Waals surface area contributed by atoms with E-state index in [0.717, 1.165) is 12.1 Å². The van der Waals surface area contributed by atoms with Crippen molar-refractivity contribution in [3.8, 4) is 11.5 Å². The number of nitrogens with zero attached hydrogens (tertiary/aromatic N) is 1. The fourth-order valence-corrected chi connectivity index (χ4v) is 4.53. The highest BCUT2D eigenvalue weighted by Crippen LogP contribution is 2.37. The predicted octanol–water partition coefficient (Wildman–Crippen LogP) is 5.72. The SMILES string of the molecule is CC(C)(C)OC(=O)NS(=O)(=O)NCc1cccc(Oc2cc(F)cc(Cc3ccc(I)cc3F)c2[N+](=O)[O-])c1. The van der Waals surface area contributed by atoms with Crippen LogP contribution in [0.1, 0.15) is 37.5 Å². The van der Waals surface area contributed by atoms with E-state index in [-0.39, 0.29) is 29.8 Å². The van der Waals surface area contributed by atoms with Crippen molar-refractivity contribution in [2.75, 3.05) is 0 Å². The third-order valence-electron chi connectivity index (χ3n) is 4.91. The molecule has 0 radical (unpaired) electrons.